The smallest absolute Gasteiger partial charge is 0.0741 e. The zero-order chi connectivity index (χ0) is 13.5. The maximum absolute atomic E-state index is 4.34. The van der Waals surface area contributed by atoms with Gasteiger partial charge in [-0.2, -0.15) is 15.3 Å². The van der Waals surface area contributed by atoms with Crippen molar-refractivity contribution in [3.8, 4) is 22.3 Å². The number of rotatable bonds is 2. The third-order valence-electron chi connectivity index (χ3n) is 3.35. The standard InChI is InChI=1S/C14H12N6/c1-19-8-12(7-18-19)10-4-13(11-5-15-16-6-11)14-2-3-17-20(14)9-10/h2-9H,1H3,(H,15,16). The Labute approximate surface area is 114 Å². The Hall–Kier alpha value is -2.89. The highest BCUT2D eigenvalue weighted by Crippen LogP contribution is 2.29. The van der Waals surface area contributed by atoms with E-state index in [1.54, 1.807) is 10.9 Å². The van der Waals surface area contributed by atoms with E-state index in [0.717, 1.165) is 27.8 Å². The van der Waals surface area contributed by atoms with Crippen LogP contribution in [0.1, 0.15) is 0 Å². The maximum atomic E-state index is 4.34. The highest BCUT2D eigenvalue weighted by molar-refractivity contribution is 5.83. The maximum Gasteiger partial charge on any atom is 0.0741 e. The molecular weight excluding hydrogens is 252 g/mol. The van der Waals surface area contributed by atoms with Crippen LogP contribution in [0.25, 0.3) is 27.8 Å². The molecule has 98 valence electrons. The van der Waals surface area contributed by atoms with Gasteiger partial charge in [-0.1, -0.05) is 0 Å². The van der Waals surface area contributed by atoms with E-state index in [-0.39, 0.29) is 0 Å². The van der Waals surface area contributed by atoms with Gasteiger partial charge in [-0.15, -0.1) is 0 Å². The molecule has 0 amide bonds. The van der Waals surface area contributed by atoms with E-state index in [9.17, 15) is 0 Å². The summed E-state index contributed by atoms with van der Waals surface area (Å²) in [5.74, 6) is 0. The average Bonchev–Trinajstić information content (AvgIpc) is 3.18. The molecule has 0 aromatic carbocycles. The van der Waals surface area contributed by atoms with Crippen molar-refractivity contribution in [3.63, 3.8) is 0 Å². The molecule has 4 aromatic heterocycles. The summed E-state index contributed by atoms with van der Waals surface area (Å²) < 4.78 is 3.67. The van der Waals surface area contributed by atoms with Crippen LogP contribution < -0.4 is 0 Å². The number of nitrogens with zero attached hydrogens (tertiary/aromatic N) is 5. The van der Waals surface area contributed by atoms with E-state index < -0.39 is 0 Å². The third kappa shape index (κ3) is 1.62. The van der Waals surface area contributed by atoms with Gasteiger partial charge >= 0.3 is 0 Å². The highest BCUT2D eigenvalue weighted by atomic mass is 15.2. The Morgan fingerprint density at radius 2 is 2.00 bits per heavy atom. The van der Waals surface area contributed by atoms with Crippen molar-refractivity contribution in [3.05, 3.63) is 49.3 Å². The molecule has 0 unspecified atom stereocenters. The van der Waals surface area contributed by atoms with Gasteiger partial charge in [0.25, 0.3) is 0 Å². The minimum atomic E-state index is 1.04. The number of aromatic amines is 1. The first kappa shape index (κ1) is 11.0. The molecule has 0 radical (unpaired) electrons. The van der Waals surface area contributed by atoms with Gasteiger partial charge in [-0.05, 0) is 12.1 Å². The summed E-state index contributed by atoms with van der Waals surface area (Å²) in [5, 5.41) is 15.4. The van der Waals surface area contributed by atoms with Gasteiger partial charge in [-0.25, -0.2) is 4.52 Å². The van der Waals surface area contributed by atoms with Gasteiger partial charge < -0.3 is 0 Å². The SMILES string of the molecule is Cn1cc(-c2cc(-c3cn[nH]c3)c3ccnn3c2)cn1. The van der Waals surface area contributed by atoms with Crippen molar-refractivity contribution < 1.29 is 0 Å². The first-order valence-electron chi connectivity index (χ1n) is 6.27. The molecule has 4 rings (SSSR count). The molecule has 6 nitrogen and oxygen atoms in total. The molecule has 4 heterocycles. The fraction of sp³-hybridized carbons (Fsp3) is 0.0714. The number of H-pyrrole nitrogens is 1. The summed E-state index contributed by atoms with van der Waals surface area (Å²) in [6.45, 7) is 0. The lowest BCUT2D eigenvalue weighted by Gasteiger charge is -2.05. The Morgan fingerprint density at radius 3 is 2.75 bits per heavy atom. The monoisotopic (exact) mass is 264 g/mol. The second-order valence-corrected chi connectivity index (χ2v) is 4.69. The van der Waals surface area contributed by atoms with Crippen LogP contribution in [0.5, 0.6) is 0 Å². The van der Waals surface area contributed by atoms with Crippen LogP contribution in [0.4, 0.5) is 0 Å². The number of fused-ring (bicyclic) bond motifs is 1. The predicted molar refractivity (Wildman–Crippen MR) is 75.0 cm³/mol. The molecule has 20 heavy (non-hydrogen) atoms. The summed E-state index contributed by atoms with van der Waals surface area (Å²) in [4.78, 5) is 0. The molecule has 0 fully saturated rings. The topological polar surface area (TPSA) is 63.8 Å². The zero-order valence-electron chi connectivity index (χ0n) is 10.9. The minimum Gasteiger partial charge on any atom is -0.285 e. The number of nitrogens with one attached hydrogen (secondary N) is 1. The number of pyridine rings is 1. The summed E-state index contributed by atoms with van der Waals surface area (Å²) in [6, 6.07) is 4.13. The quantitative estimate of drug-likeness (QED) is 0.603. The summed E-state index contributed by atoms with van der Waals surface area (Å²) >= 11 is 0. The van der Waals surface area contributed by atoms with Crippen LogP contribution in [-0.4, -0.2) is 29.6 Å². The molecule has 0 spiro atoms. The Bertz CT molecular complexity index is 868. The molecule has 6 heteroatoms. The van der Waals surface area contributed by atoms with Crippen molar-refractivity contribution in [1.82, 2.24) is 29.6 Å². The zero-order valence-corrected chi connectivity index (χ0v) is 10.9. The molecule has 0 saturated carbocycles. The van der Waals surface area contributed by atoms with Crippen LogP contribution in [0.2, 0.25) is 0 Å². The Morgan fingerprint density at radius 1 is 1.05 bits per heavy atom. The van der Waals surface area contributed by atoms with E-state index in [4.69, 9.17) is 0 Å². The fourth-order valence-electron chi connectivity index (χ4n) is 2.39. The molecule has 0 aliphatic carbocycles. The van der Waals surface area contributed by atoms with Crippen molar-refractivity contribution in [2.24, 2.45) is 7.05 Å². The van der Waals surface area contributed by atoms with E-state index in [2.05, 4.69) is 26.5 Å². The number of aromatic nitrogens is 6. The lowest BCUT2D eigenvalue weighted by Crippen LogP contribution is -1.91. The first-order chi connectivity index (χ1) is 9.81. The second-order valence-electron chi connectivity index (χ2n) is 4.69. The van der Waals surface area contributed by atoms with E-state index >= 15 is 0 Å². The van der Waals surface area contributed by atoms with Crippen LogP contribution in [0, 0.1) is 0 Å². The Balaban J connectivity index is 2.00. The predicted octanol–water partition coefficient (Wildman–Crippen LogP) is 2.12. The average molecular weight is 264 g/mol. The van der Waals surface area contributed by atoms with Gasteiger partial charge in [0.05, 0.1) is 17.9 Å². The van der Waals surface area contributed by atoms with Crippen molar-refractivity contribution >= 4 is 5.52 Å². The van der Waals surface area contributed by atoms with Gasteiger partial charge in [-0.3, -0.25) is 9.78 Å². The van der Waals surface area contributed by atoms with Crippen LogP contribution >= 0.6 is 0 Å². The molecule has 1 N–H and O–H groups in total. The first-order valence-corrected chi connectivity index (χ1v) is 6.27. The van der Waals surface area contributed by atoms with Crippen LogP contribution in [0.3, 0.4) is 0 Å². The highest BCUT2D eigenvalue weighted by Gasteiger charge is 2.10. The summed E-state index contributed by atoms with van der Waals surface area (Å²) in [6.07, 6.45) is 11.3. The largest absolute Gasteiger partial charge is 0.285 e. The van der Waals surface area contributed by atoms with Crippen LogP contribution in [-0.2, 0) is 7.05 Å². The summed E-state index contributed by atoms with van der Waals surface area (Å²) in [5.41, 5.74) is 5.33. The van der Waals surface area contributed by atoms with Gasteiger partial charge in [0, 0.05) is 54.1 Å². The lowest BCUT2D eigenvalue weighted by molar-refractivity contribution is 0.768. The van der Waals surface area contributed by atoms with Gasteiger partial charge in [0.15, 0.2) is 0 Å². The van der Waals surface area contributed by atoms with Crippen molar-refractivity contribution in [1.29, 1.82) is 0 Å². The normalized spacial score (nSPS) is 11.2. The molecule has 0 aliphatic heterocycles. The fourth-order valence-corrected chi connectivity index (χ4v) is 2.39. The number of hydrogen-bond acceptors (Lipinski definition) is 3. The van der Waals surface area contributed by atoms with Gasteiger partial charge in [0.1, 0.15) is 0 Å². The Kier molecular flexibility index (Phi) is 2.23. The number of hydrogen-bond donors (Lipinski definition) is 1. The molecule has 0 bridgehead atoms. The third-order valence-corrected chi connectivity index (χ3v) is 3.35. The van der Waals surface area contributed by atoms with Crippen LogP contribution in [0.15, 0.2) is 49.3 Å². The van der Waals surface area contributed by atoms with E-state index in [1.807, 2.05) is 48.6 Å². The van der Waals surface area contributed by atoms with Gasteiger partial charge in [0.2, 0.25) is 0 Å². The summed E-state index contributed by atoms with van der Waals surface area (Å²) in [7, 11) is 1.91. The van der Waals surface area contributed by atoms with E-state index in [1.165, 1.54) is 0 Å². The molecule has 0 saturated heterocycles. The minimum absolute atomic E-state index is 1.04. The molecule has 0 atom stereocenters. The molecule has 0 aliphatic rings. The van der Waals surface area contributed by atoms with Crippen molar-refractivity contribution in [2.75, 3.05) is 0 Å². The molecule has 4 aromatic rings. The van der Waals surface area contributed by atoms with Crippen molar-refractivity contribution in [2.45, 2.75) is 0 Å². The molecular formula is C14H12N6. The second kappa shape index (κ2) is 4.06. The van der Waals surface area contributed by atoms with E-state index in [0.29, 0.717) is 0 Å². The lowest BCUT2D eigenvalue weighted by atomic mass is 10.0. The number of aryl methyl sites for hydroxylation is 1.